The van der Waals surface area contributed by atoms with Crippen LogP contribution in [0.25, 0.3) is 0 Å². The number of phosphoric acid groups is 1. The number of ketones is 1. The Kier molecular flexibility index (Phi) is 8.50. The van der Waals surface area contributed by atoms with Crippen LogP contribution >= 0.6 is 7.82 Å². The summed E-state index contributed by atoms with van der Waals surface area (Å²) in [6.45, 7) is 0. The van der Waals surface area contributed by atoms with E-state index < -0.39 is 7.82 Å². The summed E-state index contributed by atoms with van der Waals surface area (Å²) >= 11 is 0. The Morgan fingerprint density at radius 3 is 2.00 bits per heavy atom. The summed E-state index contributed by atoms with van der Waals surface area (Å²) in [4.78, 5) is 24.1. The Morgan fingerprint density at radius 2 is 1.41 bits per heavy atom. The number of phenols is 1. The van der Waals surface area contributed by atoms with Crippen molar-refractivity contribution >= 4 is 13.6 Å². The van der Waals surface area contributed by atoms with Gasteiger partial charge in [-0.25, -0.2) is 4.57 Å². The van der Waals surface area contributed by atoms with E-state index in [1.807, 2.05) is 0 Å². The van der Waals surface area contributed by atoms with Crippen LogP contribution < -0.4 is 43.5 Å². The average Bonchev–Trinajstić information content (AvgIpc) is 2.68. The first-order chi connectivity index (χ1) is 13.4. The fourth-order valence-corrected chi connectivity index (χ4v) is 3.32. The molecule has 1 atom stereocenters. The fourth-order valence-electron chi connectivity index (χ4n) is 2.52. The van der Waals surface area contributed by atoms with Gasteiger partial charge in [-0.05, 0) is 60.5 Å². The molecule has 3 aromatic rings. The monoisotopic (exact) mass is 420 g/mol. The maximum atomic E-state index is 12.2. The van der Waals surface area contributed by atoms with Gasteiger partial charge in [-0.2, -0.15) is 0 Å². The molecule has 0 spiro atoms. The van der Waals surface area contributed by atoms with E-state index in [9.17, 15) is 19.4 Å². The molecule has 0 saturated carbocycles. The Hall–Kier alpha value is -2.08. The molecule has 1 N–H and O–H groups in total. The molecule has 0 aliphatic rings. The van der Waals surface area contributed by atoms with Crippen molar-refractivity contribution in [3.63, 3.8) is 0 Å². The van der Waals surface area contributed by atoms with Crippen LogP contribution in [0.5, 0.6) is 17.2 Å². The molecular weight excluding hydrogens is 402 g/mol. The molecule has 3 aromatic carbocycles. The van der Waals surface area contributed by atoms with Gasteiger partial charge in [-0.15, -0.1) is 0 Å². The Bertz CT molecular complexity index is 974. The number of phenolic OH excluding ortho intramolecular Hbond substituents is 1. The maximum Gasteiger partial charge on any atom is 1.00 e. The van der Waals surface area contributed by atoms with Crippen LogP contribution in [-0.4, -0.2) is 10.9 Å². The van der Waals surface area contributed by atoms with Crippen LogP contribution in [0.15, 0.2) is 78.9 Å². The van der Waals surface area contributed by atoms with Gasteiger partial charge < -0.3 is 19.0 Å². The predicted molar refractivity (Wildman–Crippen MR) is 103 cm³/mol. The SMILES string of the molecule is O=C(CCc1ccc(OP(=O)([O-])Oc2ccccc2)cc1)c1ccc(O)cc1.[Na+]. The second kappa shape index (κ2) is 10.6. The van der Waals surface area contributed by atoms with Crippen LogP contribution in [0.2, 0.25) is 0 Å². The first-order valence-electron chi connectivity index (χ1n) is 8.58. The third kappa shape index (κ3) is 7.35. The Balaban J connectivity index is 0.00000300. The van der Waals surface area contributed by atoms with E-state index in [0.29, 0.717) is 18.4 Å². The summed E-state index contributed by atoms with van der Waals surface area (Å²) in [6, 6.07) is 20.6. The van der Waals surface area contributed by atoms with Crippen molar-refractivity contribution in [2.45, 2.75) is 12.8 Å². The van der Waals surface area contributed by atoms with Gasteiger partial charge >= 0.3 is 37.4 Å². The van der Waals surface area contributed by atoms with Crippen molar-refractivity contribution in [3.8, 4) is 17.2 Å². The number of Topliss-reactive ketones (excluding diaryl/α,β-unsaturated/α-hetero) is 1. The van der Waals surface area contributed by atoms with Crippen molar-refractivity contribution in [2.24, 2.45) is 0 Å². The second-order valence-corrected chi connectivity index (χ2v) is 7.32. The summed E-state index contributed by atoms with van der Waals surface area (Å²) in [5, 5.41) is 9.26. The summed E-state index contributed by atoms with van der Waals surface area (Å²) in [7, 11) is -4.55. The Labute approximate surface area is 191 Å². The number of benzene rings is 3. The molecule has 0 radical (unpaired) electrons. The number of aromatic hydroxyl groups is 1. The number of carbonyl (C=O) groups is 1. The fraction of sp³-hybridized carbons (Fsp3) is 0.0952. The quantitative estimate of drug-likeness (QED) is 0.334. The van der Waals surface area contributed by atoms with Gasteiger partial charge in [-0.3, -0.25) is 4.79 Å². The minimum Gasteiger partial charge on any atom is -0.736 e. The number of carbonyl (C=O) groups excluding carboxylic acids is 1. The van der Waals surface area contributed by atoms with E-state index in [-0.39, 0.29) is 52.6 Å². The number of hydrogen-bond acceptors (Lipinski definition) is 6. The van der Waals surface area contributed by atoms with Crippen molar-refractivity contribution in [1.82, 2.24) is 0 Å². The van der Waals surface area contributed by atoms with Gasteiger partial charge in [-0.1, -0.05) is 30.3 Å². The molecule has 0 amide bonds. The molecule has 144 valence electrons. The molecule has 1 unspecified atom stereocenters. The molecule has 0 aromatic heterocycles. The van der Waals surface area contributed by atoms with Gasteiger partial charge in [0, 0.05) is 12.0 Å². The normalized spacial score (nSPS) is 12.3. The molecule has 0 fully saturated rings. The van der Waals surface area contributed by atoms with Crippen molar-refractivity contribution in [1.29, 1.82) is 0 Å². The molecule has 0 aliphatic heterocycles. The van der Waals surface area contributed by atoms with Gasteiger partial charge in [0.1, 0.15) is 17.2 Å². The predicted octanol–water partition coefficient (Wildman–Crippen LogP) is 1.14. The van der Waals surface area contributed by atoms with Gasteiger partial charge in [0.05, 0.1) is 0 Å². The third-order valence-corrected chi connectivity index (χ3v) is 4.80. The zero-order valence-corrected chi connectivity index (χ0v) is 18.7. The van der Waals surface area contributed by atoms with Gasteiger partial charge in [0.25, 0.3) is 0 Å². The number of aryl methyl sites for hydroxylation is 1. The molecule has 0 saturated heterocycles. The van der Waals surface area contributed by atoms with Crippen molar-refractivity contribution < 1.29 is 58.0 Å². The van der Waals surface area contributed by atoms with E-state index in [4.69, 9.17) is 9.05 Å². The Morgan fingerprint density at radius 1 is 0.862 bits per heavy atom. The largest absolute Gasteiger partial charge is 1.00 e. The molecule has 3 rings (SSSR count). The van der Waals surface area contributed by atoms with E-state index in [2.05, 4.69) is 0 Å². The maximum absolute atomic E-state index is 12.2. The smallest absolute Gasteiger partial charge is 0.736 e. The number of phosphoric ester groups is 1. The summed E-state index contributed by atoms with van der Waals surface area (Å²) in [6.07, 6.45) is 0.789. The van der Waals surface area contributed by atoms with E-state index in [1.54, 1.807) is 42.5 Å². The van der Waals surface area contributed by atoms with Crippen LogP contribution in [0.1, 0.15) is 22.3 Å². The van der Waals surface area contributed by atoms with E-state index >= 15 is 0 Å². The van der Waals surface area contributed by atoms with Gasteiger partial charge in [0.15, 0.2) is 5.78 Å². The number of hydrogen-bond donors (Lipinski definition) is 1. The molecular formula is C21H18NaO6P. The number of para-hydroxylation sites is 1. The van der Waals surface area contributed by atoms with Crippen LogP contribution in [0, 0.1) is 0 Å². The second-order valence-electron chi connectivity index (χ2n) is 6.06. The van der Waals surface area contributed by atoms with Crippen LogP contribution in [-0.2, 0) is 11.0 Å². The topological polar surface area (TPSA) is 95.9 Å². The third-order valence-electron chi connectivity index (χ3n) is 3.93. The zero-order chi connectivity index (χ0) is 20.0. The van der Waals surface area contributed by atoms with Crippen LogP contribution in [0.3, 0.4) is 0 Å². The van der Waals surface area contributed by atoms with Crippen molar-refractivity contribution in [3.05, 3.63) is 90.0 Å². The molecule has 0 aliphatic carbocycles. The number of rotatable bonds is 8. The molecule has 6 nitrogen and oxygen atoms in total. The molecule has 8 heteroatoms. The first-order valence-corrected chi connectivity index (χ1v) is 10.0. The van der Waals surface area contributed by atoms with E-state index in [1.165, 1.54) is 36.4 Å². The summed E-state index contributed by atoms with van der Waals surface area (Å²) in [5.41, 5.74) is 1.40. The van der Waals surface area contributed by atoms with Crippen LogP contribution in [0.4, 0.5) is 0 Å². The minimum atomic E-state index is -4.55. The average molecular weight is 420 g/mol. The summed E-state index contributed by atoms with van der Waals surface area (Å²) in [5.74, 6) is 0.368. The molecule has 0 bridgehead atoms. The van der Waals surface area contributed by atoms with Crippen molar-refractivity contribution in [2.75, 3.05) is 0 Å². The van der Waals surface area contributed by atoms with Gasteiger partial charge in [0.2, 0.25) is 0 Å². The zero-order valence-electron chi connectivity index (χ0n) is 15.9. The molecule has 29 heavy (non-hydrogen) atoms. The first kappa shape index (κ1) is 23.2. The standard InChI is InChI=1S/C21H19O6P.Na/c22-18-11-9-17(10-12-18)21(23)15-8-16-6-13-20(14-7-16)27-28(24,25)26-19-4-2-1-3-5-19;/h1-7,9-14,22H,8,15H2,(H,24,25);/q;+1/p-1. The minimum absolute atomic E-state index is 0. The summed E-state index contributed by atoms with van der Waals surface area (Å²) < 4.78 is 21.8. The molecule has 0 heterocycles. The van der Waals surface area contributed by atoms with E-state index in [0.717, 1.165) is 5.56 Å².